The van der Waals surface area contributed by atoms with Crippen molar-refractivity contribution >= 4 is 6.03 Å². The first-order valence-corrected chi connectivity index (χ1v) is 4.62. The molecule has 1 fully saturated rings. The third-order valence-electron chi connectivity index (χ3n) is 2.07. The average molecular weight is 186 g/mol. The minimum atomic E-state index is 0.0713. The largest absolute Gasteiger partial charge is 0.372 e. The topological polar surface area (TPSA) is 32.8 Å². The Morgan fingerprint density at radius 3 is 2.15 bits per heavy atom. The van der Waals surface area contributed by atoms with E-state index in [1.807, 2.05) is 18.7 Å². The van der Waals surface area contributed by atoms with Gasteiger partial charge in [0.25, 0.3) is 0 Å². The zero-order valence-corrected chi connectivity index (χ0v) is 8.78. The first kappa shape index (κ1) is 10.3. The molecule has 0 radical (unpaired) electrons. The van der Waals surface area contributed by atoms with Crippen LogP contribution in [0.5, 0.6) is 0 Å². The molecule has 1 aliphatic rings. The van der Waals surface area contributed by atoms with Gasteiger partial charge in [-0.25, -0.2) is 4.79 Å². The van der Waals surface area contributed by atoms with E-state index in [2.05, 4.69) is 0 Å². The average Bonchev–Trinajstić information content (AvgIpc) is 2.01. The van der Waals surface area contributed by atoms with Crippen molar-refractivity contribution in [2.24, 2.45) is 0 Å². The summed E-state index contributed by atoms with van der Waals surface area (Å²) in [5, 5.41) is 0. The summed E-state index contributed by atoms with van der Waals surface area (Å²) in [6, 6.07) is 0.0713. The van der Waals surface area contributed by atoms with Crippen LogP contribution in [0.3, 0.4) is 0 Å². The van der Waals surface area contributed by atoms with Gasteiger partial charge in [-0.3, -0.25) is 0 Å². The van der Waals surface area contributed by atoms with Crippen LogP contribution in [0.1, 0.15) is 13.8 Å². The van der Waals surface area contributed by atoms with Crippen molar-refractivity contribution < 1.29 is 9.53 Å². The molecule has 1 heterocycles. The molecular weight excluding hydrogens is 168 g/mol. The molecule has 2 atom stereocenters. The zero-order valence-electron chi connectivity index (χ0n) is 8.78. The van der Waals surface area contributed by atoms with Crippen molar-refractivity contribution in [2.75, 3.05) is 27.2 Å². The fourth-order valence-corrected chi connectivity index (χ4v) is 1.62. The van der Waals surface area contributed by atoms with Crippen LogP contribution < -0.4 is 0 Å². The molecule has 4 nitrogen and oxygen atoms in total. The molecule has 0 saturated carbocycles. The van der Waals surface area contributed by atoms with Gasteiger partial charge in [-0.2, -0.15) is 0 Å². The molecule has 0 N–H and O–H groups in total. The number of amides is 2. The number of hydrogen-bond donors (Lipinski definition) is 0. The normalized spacial score (nSPS) is 28.8. The van der Waals surface area contributed by atoms with Crippen LogP contribution in [-0.2, 0) is 4.74 Å². The second-order valence-corrected chi connectivity index (χ2v) is 3.84. The summed E-state index contributed by atoms with van der Waals surface area (Å²) in [6.07, 6.45) is 0.292. The summed E-state index contributed by atoms with van der Waals surface area (Å²) in [5.41, 5.74) is 0. The van der Waals surface area contributed by atoms with E-state index in [9.17, 15) is 4.79 Å². The molecule has 1 saturated heterocycles. The minimum Gasteiger partial charge on any atom is -0.372 e. The van der Waals surface area contributed by atoms with Crippen LogP contribution >= 0.6 is 0 Å². The van der Waals surface area contributed by atoms with E-state index in [-0.39, 0.29) is 18.2 Å². The molecule has 4 heteroatoms. The van der Waals surface area contributed by atoms with Crippen molar-refractivity contribution in [1.29, 1.82) is 0 Å². The second-order valence-electron chi connectivity index (χ2n) is 3.84. The van der Waals surface area contributed by atoms with E-state index in [1.165, 1.54) is 0 Å². The summed E-state index contributed by atoms with van der Waals surface area (Å²) in [5.74, 6) is 0. The molecule has 76 valence electrons. The van der Waals surface area contributed by atoms with E-state index < -0.39 is 0 Å². The predicted octanol–water partition coefficient (Wildman–Crippen LogP) is 0.777. The standard InChI is InChI=1S/C9H18N2O2/c1-7-5-11(6-8(2)13-7)9(12)10(3)4/h7-8H,5-6H2,1-4H3. The molecule has 2 unspecified atom stereocenters. The first-order chi connectivity index (χ1) is 6.00. The molecule has 0 aromatic heterocycles. The van der Waals surface area contributed by atoms with Crippen LogP contribution in [0.4, 0.5) is 4.79 Å². The highest BCUT2D eigenvalue weighted by Gasteiger charge is 2.26. The summed E-state index contributed by atoms with van der Waals surface area (Å²) in [4.78, 5) is 15.0. The third kappa shape index (κ3) is 2.59. The predicted molar refractivity (Wildman–Crippen MR) is 50.7 cm³/mol. The van der Waals surface area contributed by atoms with Crippen molar-refractivity contribution in [3.05, 3.63) is 0 Å². The van der Waals surface area contributed by atoms with Gasteiger partial charge in [0.05, 0.1) is 12.2 Å². The van der Waals surface area contributed by atoms with Crippen LogP contribution in [-0.4, -0.2) is 55.2 Å². The van der Waals surface area contributed by atoms with Crippen molar-refractivity contribution in [3.8, 4) is 0 Å². The molecule has 0 bridgehead atoms. The van der Waals surface area contributed by atoms with Crippen LogP contribution in [0.15, 0.2) is 0 Å². The number of morpholine rings is 1. The Morgan fingerprint density at radius 1 is 1.31 bits per heavy atom. The lowest BCUT2D eigenvalue weighted by atomic mass is 10.2. The van der Waals surface area contributed by atoms with Crippen molar-refractivity contribution in [2.45, 2.75) is 26.1 Å². The van der Waals surface area contributed by atoms with E-state index >= 15 is 0 Å². The van der Waals surface area contributed by atoms with E-state index in [0.717, 1.165) is 0 Å². The first-order valence-electron chi connectivity index (χ1n) is 4.62. The lowest BCUT2D eigenvalue weighted by Crippen LogP contribution is -2.51. The van der Waals surface area contributed by atoms with E-state index in [1.54, 1.807) is 19.0 Å². The lowest BCUT2D eigenvalue weighted by Gasteiger charge is -2.36. The van der Waals surface area contributed by atoms with Gasteiger partial charge in [0.1, 0.15) is 0 Å². The highest BCUT2D eigenvalue weighted by Crippen LogP contribution is 2.11. The van der Waals surface area contributed by atoms with Crippen LogP contribution in [0.2, 0.25) is 0 Å². The maximum absolute atomic E-state index is 11.6. The zero-order chi connectivity index (χ0) is 10.0. The number of ether oxygens (including phenoxy) is 1. The van der Waals surface area contributed by atoms with E-state index in [4.69, 9.17) is 4.74 Å². The van der Waals surface area contributed by atoms with Gasteiger partial charge in [-0.15, -0.1) is 0 Å². The molecule has 0 spiro atoms. The van der Waals surface area contributed by atoms with Gasteiger partial charge < -0.3 is 14.5 Å². The second kappa shape index (κ2) is 3.96. The third-order valence-corrected chi connectivity index (χ3v) is 2.07. The van der Waals surface area contributed by atoms with Crippen LogP contribution in [0.25, 0.3) is 0 Å². The number of urea groups is 1. The van der Waals surface area contributed by atoms with Gasteiger partial charge >= 0.3 is 6.03 Å². The molecule has 13 heavy (non-hydrogen) atoms. The monoisotopic (exact) mass is 186 g/mol. The maximum Gasteiger partial charge on any atom is 0.319 e. The molecule has 0 aliphatic carbocycles. The summed E-state index contributed by atoms with van der Waals surface area (Å²) in [7, 11) is 3.54. The smallest absolute Gasteiger partial charge is 0.319 e. The Balaban J connectivity index is 2.55. The van der Waals surface area contributed by atoms with Gasteiger partial charge in [0.2, 0.25) is 0 Å². The SMILES string of the molecule is CC1CN(C(=O)N(C)C)CC(C)O1. The summed E-state index contributed by atoms with van der Waals surface area (Å²) < 4.78 is 5.53. The van der Waals surface area contributed by atoms with E-state index in [0.29, 0.717) is 13.1 Å². The Labute approximate surface area is 79.4 Å². The molecule has 1 rings (SSSR count). The molecule has 1 aliphatic heterocycles. The maximum atomic E-state index is 11.6. The Hall–Kier alpha value is -0.770. The molecule has 0 aromatic rings. The number of carbonyl (C=O) groups excluding carboxylic acids is 1. The summed E-state index contributed by atoms with van der Waals surface area (Å²) in [6.45, 7) is 5.37. The number of hydrogen-bond acceptors (Lipinski definition) is 2. The van der Waals surface area contributed by atoms with Crippen molar-refractivity contribution in [1.82, 2.24) is 9.80 Å². The van der Waals surface area contributed by atoms with Crippen LogP contribution in [0, 0.1) is 0 Å². The van der Waals surface area contributed by atoms with Gasteiger partial charge in [0.15, 0.2) is 0 Å². The fraction of sp³-hybridized carbons (Fsp3) is 0.889. The minimum absolute atomic E-state index is 0.0713. The molecule has 0 aromatic carbocycles. The van der Waals surface area contributed by atoms with Gasteiger partial charge in [0, 0.05) is 27.2 Å². The Kier molecular flexibility index (Phi) is 3.14. The summed E-state index contributed by atoms with van der Waals surface area (Å²) >= 11 is 0. The highest BCUT2D eigenvalue weighted by molar-refractivity contribution is 5.73. The molecule has 2 amide bonds. The van der Waals surface area contributed by atoms with Gasteiger partial charge in [-0.1, -0.05) is 0 Å². The fourth-order valence-electron chi connectivity index (χ4n) is 1.62. The Bertz CT molecular complexity index is 184. The van der Waals surface area contributed by atoms with Crippen molar-refractivity contribution in [3.63, 3.8) is 0 Å². The van der Waals surface area contributed by atoms with Gasteiger partial charge in [-0.05, 0) is 13.8 Å². The number of rotatable bonds is 0. The highest BCUT2D eigenvalue weighted by atomic mass is 16.5. The lowest BCUT2D eigenvalue weighted by molar-refractivity contribution is -0.0570. The molecular formula is C9H18N2O2. The Morgan fingerprint density at radius 2 is 1.77 bits per heavy atom. The number of carbonyl (C=O) groups is 1. The quantitative estimate of drug-likeness (QED) is 0.560. The number of nitrogens with zero attached hydrogens (tertiary/aromatic N) is 2.